The molecular formula is C13H14ClIN2O. The van der Waals surface area contributed by atoms with Crippen molar-refractivity contribution in [2.45, 2.75) is 19.9 Å². The molecule has 1 aromatic heterocycles. The fourth-order valence-electron chi connectivity index (χ4n) is 1.57. The number of aromatic nitrogens is 1. The molecule has 1 aromatic carbocycles. The molecule has 0 saturated carbocycles. The summed E-state index contributed by atoms with van der Waals surface area (Å²) in [7, 11) is 0. The van der Waals surface area contributed by atoms with Crippen molar-refractivity contribution < 1.29 is 4.42 Å². The summed E-state index contributed by atoms with van der Waals surface area (Å²) >= 11 is 8.24. The topological polar surface area (TPSA) is 38.1 Å². The van der Waals surface area contributed by atoms with Crippen LogP contribution >= 0.6 is 34.2 Å². The van der Waals surface area contributed by atoms with Crippen molar-refractivity contribution in [1.82, 2.24) is 10.3 Å². The number of benzene rings is 1. The molecule has 0 unspecified atom stereocenters. The second kappa shape index (κ2) is 6.54. The first-order valence-electron chi connectivity index (χ1n) is 5.81. The van der Waals surface area contributed by atoms with E-state index in [9.17, 15) is 0 Å². The second-order valence-corrected chi connectivity index (χ2v) is 5.54. The number of hydrogen-bond donors (Lipinski definition) is 1. The Morgan fingerprint density at radius 1 is 1.44 bits per heavy atom. The monoisotopic (exact) mass is 376 g/mol. The van der Waals surface area contributed by atoms with E-state index in [0.29, 0.717) is 10.9 Å². The van der Waals surface area contributed by atoms with Crippen LogP contribution in [0.15, 0.2) is 28.9 Å². The highest BCUT2D eigenvalue weighted by atomic mass is 127. The zero-order valence-electron chi connectivity index (χ0n) is 10.0. The van der Waals surface area contributed by atoms with Gasteiger partial charge < -0.3 is 9.73 Å². The van der Waals surface area contributed by atoms with Gasteiger partial charge in [0.05, 0.1) is 11.3 Å². The quantitative estimate of drug-likeness (QED) is 0.631. The van der Waals surface area contributed by atoms with Crippen molar-refractivity contribution in [3.8, 4) is 11.5 Å². The second-order valence-electron chi connectivity index (χ2n) is 3.94. The third-order valence-electron chi connectivity index (χ3n) is 2.44. The zero-order chi connectivity index (χ0) is 13.0. The minimum absolute atomic E-state index is 0.621. The molecular weight excluding hydrogens is 363 g/mol. The van der Waals surface area contributed by atoms with E-state index in [1.165, 1.54) is 0 Å². The van der Waals surface area contributed by atoms with Crippen molar-refractivity contribution in [2.75, 3.05) is 6.54 Å². The summed E-state index contributed by atoms with van der Waals surface area (Å²) < 4.78 is 6.58. The van der Waals surface area contributed by atoms with Crippen molar-refractivity contribution in [1.29, 1.82) is 0 Å². The molecule has 3 nitrogen and oxygen atoms in total. The van der Waals surface area contributed by atoms with E-state index in [1.54, 1.807) is 6.26 Å². The van der Waals surface area contributed by atoms with Gasteiger partial charge in [-0.25, -0.2) is 4.98 Å². The highest BCUT2D eigenvalue weighted by molar-refractivity contribution is 14.1. The number of nitrogens with zero attached hydrogens (tertiary/aromatic N) is 1. The Morgan fingerprint density at radius 2 is 2.28 bits per heavy atom. The molecule has 96 valence electrons. The van der Waals surface area contributed by atoms with Crippen LogP contribution in [0.25, 0.3) is 11.5 Å². The summed E-state index contributed by atoms with van der Waals surface area (Å²) in [6.07, 6.45) is 2.80. The lowest BCUT2D eigenvalue weighted by Crippen LogP contribution is -2.13. The fourth-order valence-corrected chi connectivity index (χ4v) is 2.30. The van der Waals surface area contributed by atoms with Crippen molar-refractivity contribution in [2.24, 2.45) is 0 Å². The third kappa shape index (κ3) is 3.46. The van der Waals surface area contributed by atoms with Crippen molar-refractivity contribution in [3.63, 3.8) is 0 Å². The minimum Gasteiger partial charge on any atom is -0.444 e. The molecule has 18 heavy (non-hydrogen) atoms. The lowest BCUT2D eigenvalue weighted by Gasteiger charge is -2.00. The molecule has 2 rings (SSSR count). The molecule has 0 saturated heterocycles. The molecule has 1 N–H and O–H groups in total. The molecule has 2 aromatic rings. The molecule has 0 bridgehead atoms. The van der Waals surface area contributed by atoms with Gasteiger partial charge in [-0.1, -0.05) is 18.5 Å². The Bertz CT molecular complexity index is 527. The number of oxazole rings is 1. The first-order valence-corrected chi connectivity index (χ1v) is 7.27. The van der Waals surface area contributed by atoms with E-state index < -0.39 is 0 Å². The van der Waals surface area contributed by atoms with Crippen molar-refractivity contribution in [3.05, 3.63) is 38.7 Å². The fraction of sp³-hybridized carbons (Fsp3) is 0.308. The van der Waals surface area contributed by atoms with Crippen LogP contribution in [-0.2, 0) is 6.54 Å². The maximum atomic E-state index is 5.99. The molecule has 0 radical (unpaired) electrons. The Hall–Kier alpha value is -0.590. The average Bonchev–Trinajstić information content (AvgIpc) is 2.81. The summed E-state index contributed by atoms with van der Waals surface area (Å²) in [6.45, 7) is 3.85. The van der Waals surface area contributed by atoms with E-state index in [-0.39, 0.29) is 0 Å². The zero-order valence-corrected chi connectivity index (χ0v) is 13.0. The predicted octanol–water partition coefficient (Wildman–Crippen LogP) is 4.10. The number of halogens is 2. The number of nitrogens with one attached hydrogen (secondary N) is 1. The number of hydrogen-bond acceptors (Lipinski definition) is 3. The SMILES string of the molecule is CCCNCc1coc(-c2cc(Cl)ccc2I)n1. The van der Waals surface area contributed by atoms with Gasteiger partial charge in [0.1, 0.15) is 6.26 Å². The largest absolute Gasteiger partial charge is 0.444 e. The van der Waals surface area contributed by atoms with Gasteiger partial charge in [0.2, 0.25) is 5.89 Å². The lowest BCUT2D eigenvalue weighted by molar-refractivity contribution is 0.569. The van der Waals surface area contributed by atoms with Crippen LogP contribution in [0, 0.1) is 3.57 Å². The maximum absolute atomic E-state index is 5.99. The summed E-state index contributed by atoms with van der Waals surface area (Å²) in [5, 5.41) is 3.98. The lowest BCUT2D eigenvalue weighted by atomic mass is 10.2. The molecule has 0 aliphatic rings. The predicted molar refractivity (Wildman–Crippen MR) is 81.7 cm³/mol. The normalized spacial score (nSPS) is 10.8. The molecule has 1 heterocycles. The standard InChI is InChI=1S/C13H14ClIN2O/c1-2-5-16-7-10-8-18-13(17-10)11-6-9(14)3-4-12(11)15/h3-4,6,8,16H,2,5,7H2,1H3. The van der Waals surface area contributed by atoms with Gasteiger partial charge in [-0.2, -0.15) is 0 Å². The van der Waals surface area contributed by atoms with Gasteiger partial charge >= 0.3 is 0 Å². The maximum Gasteiger partial charge on any atom is 0.227 e. The smallest absolute Gasteiger partial charge is 0.227 e. The van der Waals surface area contributed by atoms with Crippen LogP contribution < -0.4 is 5.32 Å². The van der Waals surface area contributed by atoms with Crippen LogP contribution in [0.2, 0.25) is 5.02 Å². The first-order chi connectivity index (χ1) is 8.70. The summed E-state index contributed by atoms with van der Waals surface area (Å²) in [6, 6.07) is 5.69. The van der Waals surface area contributed by atoms with E-state index in [4.69, 9.17) is 16.0 Å². The minimum atomic E-state index is 0.621. The summed E-state index contributed by atoms with van der Waals surface area (Å²) in [4.78, 5) is 4.46. The summed E-state index contributed by atoms with van der Waals surface area (Å²) in [5.41, 5.74) is 1.85. The van der Waals surface area contributed by atoms with E-state index >= 15 is 0 Å². The van der Waals surface area contributed by atoms with Crippen LogP contribution in [0.5, 0.6) is 0 Å². The Kier molecular flexibility index (Phi) is 5.03. The Balaban J connectivity index is 2.16. The van der Waals surface area contributed by atoms with Crippen LogP contribution in [0.1, 0.15) is 19.0 Å². The molecule has 0 aliphatic heterocycles. The highest BCUT2D eigenvalue weighted by Gasteiger charge is 2.10. The van der Waals surface area contributed by atoms with Crippen LogP contribution in [0.3, 0.4) is 0 Å². The van der Waals surface area contributed by atoms with E-state index in [2.05, 4.69) is 39.8 Å². The number of rotatable bonds is 5. The van der Waals surface area contributed by atoms with Gasteiger partial charge in [0.15, 0.2) is 0 Å². The van der Waals surface area contributed by atoms with Gasteiger partial charge in [-0.05, 0) is 53.8 Å². The van der Waals surface area contributed by atoms with Crippen LogP contribution in [-0.4, -0.2) is 11.5 Å². The summed E-state index contributed by atoms with van der Waals surface area (Å²) in [5.74, 6) is 0.621. The Morgan fingerprint density at radius 3 is 3.06 bits per heavy atom. The van der Waals surface area contributed by atoms with Crippen LogP contribution in [0.4, 0.5) is 0 Å². The average molecular weight is 377 g/mol. The first kappa shape index (κ1) is 13.8. The van der Waals surface area contributed by atoms with E-state index in [0.717, 1.165) is 34.3 Å². The van der Waals surface area contributed by atoms with Gasteiger partial charge in [0, 0.05) is 15.1 Å². The molecule has 0 atom stereocenters. The third-order valence-corrected chi connectivity index (χ3v) is 3.62. The van der Waals surface area contributed by atoms with Crippen molar-refractivity contribution >= 4 is 34.2 Å². The molecule has 0 aliphatic carbocycles. The molecule has 5 heteroatoms. The van der Waals surface area contributed by atoms with Gasteiger partial charge in [-0.15, -0.1) is 0 Å². The molecule has 0 amide bonds. The van der Waals surface area contributed by atoms with Gasteiger partial charge in [0.25, 0.3) is 0 Å². The highest BCUT2D eigenvalue weighted by Crippen LogP contribution is 2.27. The molecule has 0 spiro atoms. The Labute approximate surface area is 125 Å². The molecule has 0 fully saturated rings. The van der Waals surface area contributed by atoms with E-state index in [1.807, 2.05) is 18.2 Å². The van der Waals surface area contributed by atoms with Gasteiger partial charge in [-0.3, -0.25) is 0 Å².